The molecule has 112 valence electrons. The second kappa shape index (κ2) is 6.59. The third kappa shape index (κ3) is 3.53. The zero-order valence-corrected chi connectivity index (χ0v) is 11.8. The maximum atomic E-state index is 5.38. The van der Waals surface area contributed by atoms with Gasteiger partial charge in [0.1, 0.15) is 18.8 Å². The smallest absolute Gasteiger partial charge is 0.246 e. The minimum Gasteiger partial charge on any atom is -0.381 e. The summed E-state index contributed by atoms with van der Waals surface area (Å²) in [5, 5.41) is 6.95. The lowest BCUT2D eigenvalue weighted by atomic mass is 10.1. The first kappa shape index (κ1) is 13.9. The Morgan fingerprint density at radius 3 is 3.19 bits per heavy atom. The van der Waals surface area contributed by atoms with Crippen LogP contribution in [0.1, 0.15) is 29.7 Å². The van der Waals surface area contributed by atoms with Crippen LogP contribution in [0.25, 0.3) is 0 Å². The molecule has 0 aromatic carbocycles. The number of ether oxygens (including phenoxy) is 2. The van der Waals surface area contributed by atoms with Gasteiger partial charge in [0.15, 0.2) is 5.82 Å². The molecule has 8 nitrogen and oxygen atoms in total. The lowest BCUT2D eigenvalue weighted by Gasteiger charge is -2.08. The van der Waals surface area contributed by atoms with Gasteiger partial charge in [-0.15, -0.1) is 0 Å². The highest BCUT2D eigenvalue weighted by Crippen LogP contribution is 2.24. The number of methoxy groups -OCH3 is 1. The molecule has 1 aliphatic rings. The van der Waals surface area contributed by atoms with Gasteiger partial charge in [0.25, 0.3) is 0 Å². The molecule has 0 aliphatic carbocycles. The van der Waals surface area contributed by atoms with Gasteiger partial charge in [-0.05, 0) is 6.42 Å². The van der Waals surface area contributed by atoms with E-state index in [-0.39, 0.29) is 0 Å². The molecule has 0 bridgehead atoms. The van der Waals surface area contributed by atoms with E-state index in [0.29, 0.717) is 30.8 Å². The Morgan fingerprint density at radius 1 is 1.43 bits per heavy atom. The second-order valence-electron chi connectivity index (χ2n) is 4.78. The van der Waals surface area contributed by atoms with E-state index in [9.17, 15) is 0 Å². The van der Waals surface area contributed by atoms with Gasteiger partial charge in [-0.25, -0.2) is 9.97 Å². The highest BCUT2D eigenvalue weighted by molar-refractivity contribution is 5.36. The molecule has 2 aromatic heterocycles. The van der Waals surface area contributed by atoms with E-state index in [4.69, 9.17) is 14.0 Å². The van der Waals surface area contributed by atoms with Crippen molar-refractivity contribution in [3.8, 4) is 0 Å². The molecule has 2 aromatic rings. The number of hydrogen-bond acceptors (Lipinski definition) is 8. The van der Waals surface area contributed by atoms with Crippen molar-refractivity contribution in [2.24, 2.45) is 0 Å². The first-order chi connectivity index (χ1) is 10.3. The average Bonchev–Trinajstić information content (AvgIpc) is 3.18. The van der Waals surface area contributed by atoms with Gasteiger partial charge in [0, 0.05) is 25.7 Å². The van der Waals surface area contributed by atoms with Gasteiger partial charge in [0.05, 0.1) is 18.8 Å². The second-order valence-corrected chi connectivity index (χ2v) is 4.78. The number of aromatic nitrogens is 4. The van der Waals surface area contributed by atoms with Crippen molar-refractivity contribution in [2.45, 2.75) is 25.5 Å². The maximum Gasteiger partial charge on any atom is 0.246 e. The summed E-state index contributed by atoms with van der Waals surface area (Å²) in [6.45, 7) is 2.26. The summed E-state index contributed by atoms with van der Waals surface area (Å²) in [5.41, 5.74) is 0.996. The van der Waals surface area contributed by atoms with Crippen LogP contribution in [0.5, 0.6) is 0 Å². The summed E-state index contributed by atoms with van der Waals surface area (Å²) in [6.07, 6.45) is 2.56. The lowest BCUT2D eigenvalue weighted by Crippen LogP contribution is -2.06. The standard InChI is InChI=1S/C13H17N5O3/c1-19-7-12-17-13(21-18-12)5-14-11-4-10(15-8-16-11)9-2-3-20-6-9/h4,8-9H,2-3,5-7H2,1H3,(H,14,15,16)/t9-/m1/s1. The maximum absolute atomic E-state index is 5.38. The molecular weight excluding hydrogens is 274 g/mol. The normalized spacial score (nSPS) is 18.0. The van der Waals surface area contributed by atoms with E-state index < -0.39 is 0 Å². The van der Waals surface area contributed by atoms with E-state index in [1.54, 1.807) is 13.4 Å². The van der Waals surface area contributed by atoms with Gasteiger partial charge >= 0.3 is 0 Å². The van der Waals surface area contributed by atoms with E-state index in [1.165, 1.54) is 0 Å². The summed E-state index contributed by atoms with van der Waals surface area (Å²) in [5.74, 6) is 2.11. The van der Waals surface area contributed by atoms with Crippen molar-refractivity contribution in [1.29, 1.82) is 0 Å². The van der Waals surface area contributed by atoms with Gasteiger partial charge in [-0.2, -0.15) is 4.98 Å². The zero-order chi connectivity index (χ0) is 14.5. The molecule has 1 aliphatic heterocycles. The van der Waals surface area contributed by atoms with Crippen LogP contribution in [0, 0.1) is 0 Å². The van der Waals surface area contributed by atoms with Crippen LogP contribution in [0.2, 0.25) is 0 Å². The molecule has 3 heterocycles. The summed E-state index contributed by atoms with van der Waals surface area (Å²) in [4.78, 5) is 12.7. The number of rotatable bonds is 6. The average molecular weight is 291 g/mol. The van der Waals surface area contributed by atoms with E-state index in [1.807, 2.05) is 6.07 Å². The summed E-state index contributed by atoms with van der Waals surface area (Å²) in [6, 6.07) is 1.94. The van der Waals surface area contributed by atoms with Crippen LogP contribution in [0.15, 0.2) is 16.9 Å². The molecule has 0 radical (unpaired) electrons. The van der Waals surface area contributed by atoms with Crippen molar-refractivity contribution in [3.05, 3.63) is 29.8 Å². The minimum atomic E-state index is 0.336. The SMILES string of the molecule is COCc1noc(CNc2cc([C@@H]3CCOC3)ncn2)n1. The van der Waals surface area contributed by atoms with Gasteiger partial charge in [0.2, 0.25) is 5.89 Å². The van der Waals surface area contributed by atoms with Crippen molar-refractivity contribution < 1.29 is 14.0 Å². The molecular formula is C13H17N5O3. The van der Waals surface area contributed by atoms with Crippen molar-refractivity contribution >= 4 is 5.82 Å². The monoisotopic (exact) mass is 291 g/mol. The van der Waals surface area contributed by atoms with Crippen molar-refractivity contribution in [1.82, 2.24) is 20.1 Å². The Morgan fingerprint density at radius 2 is 2.38 bits per heavy atom. The Labute approximate surface area is 121 Å². The van der Waals surface area contributed by atoms with E-state index in [2.05, 4.69) is 25.4 Å². The topological polar surface area (TPSA) is 95.2 Å². The predicted octanol–water partition coefficient (Wildman–Crippen LogP) is 1.12. The number of nitrogens with one attached hydrogen (secondary N) is 1. The summed E-state index contributed by atoms with van der Waals surface area (Å²) < 4.78 is 15.4. The molecule has 0 saturated carbocycles. The Bertz CT molecular complexity index is 583. The van der Waals surface area contributed by atoms with Crippen LogP contribution in [0.4, 0.5) is 5.82 Å². The Kier molecular flexibility index (Phi) is 4.37. The van der Waals surface area contributed by atoms with Crippen LogP contribution in [0.3, 0.4) is 0 Å². The van der Waals surface area contributed by atoms with Crippen molar-refractivity contribution in [2.75, 3.05) is 25.6 Å². The minimum absolute atomic E-state index is 0.336. The van der Waals surface area contributed by atoms with E-state index >= 15 is 0 Å². The number of hydrogen-bond donors (Lipinski definition) is 1. The predicted molar refractivity (Wildman–Crippen MR) is 72.5 cm³/mol. The largest absolute Gasteiger partial charge is 0.381 e. The van der Waals surface area contributed by atoms with Gasteiger partial charge in [-0.1, -0.05) is 5.16 Å². The van der Waals surface area contributed by atoms with Gasteiger partial charge < -0.3 is 19.3 Å². The third-order valence-corrected chi connectivity index (χ3v) is 3.24. The molecule has 1 N–H and O–H groups in total. The zero-order valence-electron chi connectivity index (χ0n) is 11.8. The van der Waals surface area contributed by atoms with Crippen LogP contribution in [-0.4, -0.2) is 40.4 Å². The summed E-state index contributed by atoms with van der Waals surface area (Å²) in [7, 11) is 1.59. The third-order valence-electron chi connectivity index (χ3n) is 3.24. The molecule has 1 fully saturated rings. The van der Waals surface area contributed by atoms with Crippen LogP contribution in [-0.2, 0) is 22.6 Å². The highest BCUT2D eigenvalue weighted by Gasteiger charge is 2.19. The fourth-order valence-electron chi connectivity index (χ4n) is 2.18. The Hall–Kier alpha value is -2.06. The fraction of sp³-hybridized carbons (Fsp3) is 0.538. The van der Waals surface area contributed by atoms with Crippen LogP contribution >= 0.6 is 0 Å². The first-order valence-corrected chi connectivity index (χ1v) is 6.79. The molecule has 0 unspecified atom stereocenters. The Balaban J connectivity index is 1.60. The number of anilines is 1. The van der Waals surface area contributed by atoms with Gasteiger partial charge in [-0.3, -0.25) is 0 Å². The highest BCUT2D eigenvalue weighted by atomic mass is 16.5. The molecule has 0 amide bonds. The molecule has 8 heteroatoms. The quantitative estimate of drug-likeness (QED) is 0.846. The first-order valence-electron chi connectivity index (χ1n) is 6.79. The van der Waals surface area contributed by atoms with Crippen LogP contribution < -0.4 is 5.32 Å². The molecule has 0 spiro atoms. The lowest BCUT2D eigenvalue weighted by molar-refractivity contribution is 0.174. The fourth-order valence-corrected chi connectivity index (χ4v) is 2.18. The molecule has 1 saturated heterocycles. The molecule has 21 heavy (non-hydrogen) atoms. The number of nitrogens with zero attached hydrogens (tertiary/aromatic N) is 4. The van der Waals surface area contributed by atoms with E-state index in [0.717, 1.165) is 31.1 Å². The summed E-state index contributed by atoms with van der Waals surface area (Å²) >= 11 is 0. The molecule has 3 rings (SSSR count). The molecule has 1 atom stereocenters. The van der Waals surface area contributed by atoms with Crippen molar-refractivity contribution in [3.63, 3.8) is 0 Å².